The van der Waals surface area contributed by atoms with E-state index in [1.807, 2.05) is 27.7 Å². The molecule has 1 saturated carbocycles. The molecule has 0 N–H and O–H groups in total. The predicted molar refractivity (Wildman–Crippen MR) is 64.0 cm³/mol. The summed E-state index contributed by atoms with van der Waals surface area (Å²) in [6.07, 6.45) is 1.45. The summed E-state index contributed by atoms with van der Waals surface area (Å²) in [5, 5.41) is 0. The zero-order valence-electron chi connectivity index (χ0n) is 11.0. The molecule has 4 atom stereocenters. The van der Waals surface area contributed by atoms with Crippen molar-refractivity contribution in [3.05, 3.63) is 0 Å². The SMILES string of the molecule is CC.CC.CC1CC(C)C(C)C1C. The Morgan fingerprint density at radius 2 is 0.846 bits per heavy atom. The van der Waals surface area contributed by atoms with Gasteiger partial charge in [-0.15, -0.1) is 0 Å². The maximum absolute atomic E-state index is 2.39. The summed E-state index contributed by atoms with van der Waals surface area (Å²) in [6, 6.07) is 0. The summed E-state index contributed by atoms with van der Waals surface area (Å²) in [7, 11) is 0. The van der Waals surface area contributed by atoms with Gasteiger partial charge in [0.15, 0.2) is 0 Å². The van der Waals surface area contributed by atoms with Crippen LogP contribution in [-0.2, 0) is 0 Å². The molecule has 1 aliphatic carbocycles. The lowest BCUT2D eigenvalue weighted by Crippen LogP contribution is -2.07. The molecule has 0 aromatic rings. The Morgan fingerprint density at radius 3 is 0.923 bits per heavy atom. The van der Waals surface area contributed by atoms with Crippen LogP contribution in [-0.4, -0.2) is 0 Å². The van der Waals surface area contributed by atoms with Gasteiger partial charge in [0.2, 0.25) is 0 Å². The largest absolute Gasteiger partial charge is 0.0683 e. The highest BCUT2D eigenvalue weighted by molar-refractivity contribution is 4.81. The first-order valence-corrected chi connectivity index (χ1v) is 6.13. The molecule has 1 fully saturated rings. The van der Waals surface area contributed by atoms with E-state index in [2.05, 4.69) is 27.7 Å². The molecular weight excluding hydrogens is 156 g/mol. The lowest BCUT2D eigenvalue weighted by Gasteiger charge is -2.14. The molecule has 0 radical (unpaired) electrons. The van der Waals surface area contributed by atoms with E-state index in [0.717, 1.165) is 23.7 Å². The Balaban J connectivity index is 0. The second-order valence-electron chi connectivity index (χ2n) is 3.91. The fourth-order valence-electron chi connectivity index (χ4n) is 2.05. The van der Waals surface area contributed by atoms with Gasteiger partial charge < -0.3 is 0 Å². The van der Waals surface area contributed by atoms with E-state index >= 15 is 0 Å². The quantitative estimate of drug-likeness (QED) is 0.500. The van der Waals surface area contributed by atoms with Crippen molar-refractivity contribution in [1.29, 1.82) is 0 Å². The molecule has 0 heteroatoms. The highest BCUT2D eigenvalue weighted by Gasteiger charge is 2.31. The molecule has 4 unspecified atom stereocenters. The smallest absolute Gasteiger partial charge is 0.0389 e. The van der Waals surface area contributed by atoms with Gasteiger partial charge in [-0.05, 0) is 30.1 Å². The van der Waals surface area contributed by atoms with Crippen LogP contribution in [0.1, 0.15) is 61.8 Å². The molecule has 13 heavy (non-hydrogen) atoms. The van der Waals surface area contributed by atoms with E-state index in [0.29, 0.717) is 0 Å². The number of hydrogen-bond acceptors (Lipinski definition) is 0. The fraction of sp³-hybridized carbons (Fsp3) is 1.00. The topological polar surface area (TPSA) is 0 Å². The molecule has 0 spiro atoms. The standard InChI is InChI=1S/C9H18.2C2H6/c1-6-5-7(2)9(4)8(6)3;2*1-2/h6-9H,5H2,1-4H3;2*1-2H3. The molecular formula is C13H30. The number of rotatable bonds is 0. The third kappa shape index (κ3) is 4.69. The van der Waals surface area contributed by atoms with E-state index < -0.39 is 0 Å². The van der Waals surface area contributed by atoms with Crippen LogP contribution in [0.3, 0.4) is 0 Å². The Hall–Kier alpha value is 0. The van der Waals surface area contributed by atoms with Gasteiger partial charge in [-0.3, -0.25) is 0 Å². The minimum absolute atomic E-state index is 0.958. The molecule has 82 valence electrons. The van der Waals surface area contributed by atoms with Crippen LogP contribution in [0.15, 0.2) is 0 Å². The highest BCUT2D eigenvalue weighted by atomic mass is 14.4. The summed E-state index contributed by atoms with van der Waals surface area (Å²) >= 11 is 0. The van der Waals surface area contributed by atoms with Crippen LogP contribution < -0.4 is 0 Å². The van der Waals surface area contributed by atoms with Gasteiger partial charge in [-0.1, -0.05) is 55.4 Å². The van der Waals surface area contributed by atoms with Crippen LogP contribution >= 0.6 is 0 Å². The maximum Gasteiger partial charge on any atom is -0.0389 e. The third-order valence-electron chi connectivity index (χ3n) is 3.37. The van der Waals surface area contributed by atoms with Crippen LogP contribution in [0.25, 0.3) is 0 Å². The van der Waals surface area contributed by atoms with Gasteiger partial charge >= 0.3 is 0 Å². The van der Waals surface area contributed by atoms with E-state index in [-0.39, 0.29) is 0 Å². The Kier molecular flexibility index (Phi) is 10.2. The summed E-state index contributed by atoms with van der Waals surface area (Å²) in [5.41, 5.74) is 0. The molecule has 0 amide bonds. The lowest BCUT2D eigenvalue weighted by atomic mass is 9.92. The van der Waals surface area contributed by atoms with Crippen molar-refractivity contribution in [2.24, 2.45) is 23.7 Å². The van der Waals surface area contributed by atoms with Gasteiger partial charge in [0.25, 0.3) is 0 Å². The molecule has 0 aliphatic heterocycles. The van der Waals surface area contributed by atoms with Crippen molar-refractivity contribution in [3.8, 4) is 0 Å². The van der Waals surface area contributed by atoms with Gasteiger partial charge in [0.05, 0.1) is 0 Å². The second kappa shape index (κ2) is 8.59. The molecule has 0 heterocycles. The zero-order chi connectivity index (χ0) is 11.0. The van der Waals surface area contributed by atoms with Gasteiger partial charge in [0, 0.05) is 0 Å². The molecule has 1 aliphatic rings. The van der Waals surface area contributed by atoms with E-state index in [9.17, 15) is 0 Å². The van der Waals surface area contributed by atoms with E-state index in [4.69, 9.17) is 0 Å². The summed E-state index contributed by atoms with van der Waals surface area (Å²) in [5.74, 6) is 3.85. The molecule has 0 aromatic carbocycles. The molecule has 0 nitrogen and oxygen atoms in total. The summed E-state index contributed by atoms with van der Waals surface area (Å²) in [6.45, 7) is 17.5. The number of hydrogen-bond donors (Lipinski definition) is 0. The fourth-order valence-corrected chi connectivity index (χ4v) is 2.05. The first kappa shape index (κ1) is 15.5. The third-order valence-corrected chi connectivity index (χ3v) is 3.37. The lowest BCUT2D eigenvalue weighted by molar-refractivity contribution is 0.352. The maximum atomic E-state index is 2.39. The van der Waals surface area contributed by atoms with Crippen molar-refractivity contribution in [2.75, 3.05) is 0 Å². The van der Waals surface area contributed by atoms with Gasteiger partial charge in [-0.25, -0.2) is 0 Å². The normalized spacial score (nSPS) is 36.9. The predicted octanol–water partition coefficient (Wildman–Crippen LogP) is 4.99. The highest BCUT2D eigenvalue weighted by Crippen LogP contribution is 2.40. The zero-order valence-corrected chi connectivity index (χ0v) is 11.0. The average molecular weight is 186 g/mol. The summed E-state index contributed by atoms with van der Waals surface area (Å²) < 4.78 is 0. The van der Waals surface area contributed by atoms with Crippen molar-refractivity contribution >= 4 is 0 Å². The molecule has 0 aromatic heterocycles. The summed E-state index contributed by atoms with van der Waals surface area (Å²) in [4.78, 5) is 0. The average Bonchev–Trinajstić information content (AvgIpc) is 2.40. The van der Waals surface area contributed by atoms with E-state index in [1.54, 1.807) is 0 Å². The minimum Gasteiger partial charge on any atom is -0.0683 e. The Bertz CT molecular complexity index is 84.2. The van der Waals surface area contributed by atoms with Crippen molar-refractivity contribution < 1.29 is 0 Å². The van der Waals surface area contributed by atoms with E-state index in [1.165, 1.54) is 6.42 Å². The molecule has 1 rings (SSSR count). The second-order valence-corrected chi connectivity index (χ2v) is 3.91. The Morgan fingerprint density at radius 1 is 0.615 bits per heavy atom. The van der Waals surface area contributed by atoms with Crippen LogP contribution in [0, 0.1) is 23.7 Å². The molecule has 0 saturated heterocycles. The first-order valence-electron chi connectivity index (χ1n) is 6.13. The first-order chi connectivity index (χ1) is 6.13. The Labute approximate surface area is 86.1 Å². The van der Waals surface area contributed by atoms with Crippen molar-refractivity contribution in [1.82, 2.24) is 0 Å². The van der Waals surface area contributed by atoms with Gasteiger partial charge in [0.1, 0.15) is 0 Å². The monoisotopic (exact) mass is 186 g/mol. The van der Waals surface area contributed by atoms with Crippen molar-refractivity contribution in [3.63, 3.8) is 0 Å². The molecule has 0 bridgehead atoms. The van der Waals surface area contributed by atoms with Gasteiger partial charge in [-0.2, -0.15) is 0 Å². The van der Waals surface area contributed by atoms with Crippen molar-refractivity contribution in [2.45, 2.75) is 61.8 Å². The van der Waals surface area contributed by atoms with Crippen LogP contribution in [0.4, 0.5) is 0 Å². The van der Waals surface area contributed by atoms with Crippen LogP contribution in [0.2, 0.25) is 0 Å². The minimum atomic E-state index is 0.958. The van der Waals surface area contributed by atoms with Crippen LogP contribution in [0.5, 0.6) is 0 Å².